The van der Waals surface area contributed by atoms with Gasteiger partial charge in [-0.25, -0.2) is 0 Å². The van der Waals surface area contributed by atoms with E-state index in [1.54, 1.807) is 26.0 Å². The molecule has 6 heteroatoms. The van der Waals surface area contributed by atoms with Crippen LogP contribution >= 0.6 is 11.8 Å². The minimum absolute atomic E-state index is 0.429. The molecule has 2 aromatic carbocycles. The van der Waals surface area contributed by atoms with E-state index in [0.29, 0.717) is 24.5 Å². The van der Waals surface area contributed by atoms with Gasteiger partial charge in [-0.2, -0.15) is 0 Å². The number of methoxy groups -OCH3 is 2. The standard InChI is InChI=1S/C19H23NO4S/c1-23-16-10-14(18(25-3)11-17(16)24-2)12-20-15(19(21)22)9-13-7-5-4-6-8-13/h4-8,10-11,15,20H,9,12H2,1-3H3,(H,21,22)/t15-/m1/s1. The molecule has 134 valence electrons. The molecule has 25 heavy (non-hydrogen) atoms. The first-order chi connectivity index (χ1) is 12.1. The average molecular weight is 361 g/mol. The Hall–Kier alpha value is -2.18. The second kappa shape index (κ2) is 9.34. The second-order valence-electron chi connectivity index (χ2n) is 5.48. The lowest BCUT2D eigenvalue weighted by atomic mass is 10.1. The minimum Gasteiger partial charge on any atom is -0.493 e. The molecule has 0 unspecified atom stereocenters. The van der Waals surface area contributed by atoms with Crippen LogP contribution in [0.4, 0.5) is 0 Å². The fourth-order valence-electron chi connectivity index (χ4n) is 2.56. The summed E-state index contributed by atoms with van der Waals surface area (Å²) >= 11 is 1.59. The first-order valence-electron chi connectivity index (χ1n) is 7.88. The lowest BCUT2D eigenvalue weighted by molar-refractivity contribution is -0.139. The third-order valence-electron chi connectivity index (χ3n) is 3.91. The van der Waals surface area contributed by atoms with Crippen molar-refractivity contribution in [3.05, 3.63) is 53.6 Å². The summed E-state index contributed by atoms with van der Waals surface area (Å²) in [5, 5.41) is 12.6. The molecule has 0 aliphatic carbocycles. The summed E-state index contributed by atoms with van der Waals surface area (Å²) < 4.78 is 10.7. The first-order valence-corrected chi connectivity index (χ1v) is 9.10. The molecule has 2 aromatic rings. The van der Waals surface area contributed by atoms with Crippen LogP contribution in [0.3, 0.4) is 0 Å². The average Bonchev–Trinajstić information content (AvgIpc) is 2.64. The predicted molar refractivity (Wildman–Crippen MR) is 99.7 cm³/mol. The summed E-state index contributed by atoms with van der Waals surface area (Å²) in [6, 6.07) is 12.7. The van der Waals surface area contributed by atoms with E-state index in [1.165, 1.54) is 0 Å². The number of hydrogen-bond acceptors (Lipinski definition) is 5. The number of carboxylic acid groups (broad SMARTS) is 1. The van der Waals surface area contributed by atoms with Gasteiger partial charge < -0.3 is 14.6 Å². The third-order valence-corrected chi connectivity index (χ3v) is 4.73. The lowest BCUT2D eigenvalue weighted by Gasteiger charge is -2.18. The quantitative estimate of drug-likeness (QED) is 0.669. The first kappa shape index (κ1) is 19.1. The van der Waals surface area contributed by atoms with Crippen molar-refractivity contribution < 1.29 is 19.4 Å². The van der Waals surface area contributed by atoms with E-state index in [-0.39, 0.29) is 0 Å². The van der Waals surface area contributed by atoms with Crippen molar-refractivity contribution in [2.24, 2.45) is 0 Å². The number of thioether (sulfide) groups is 1. The van der Waals surface area contributed by atoms with Crippen molar-refractivity contribution in [2.75, 3.05) is 20.5 Å². The SMILES string of the molecule is COc1cc(CN[C@H](Cc2ccccc2)C(=O)O)c(SC)cc1OC. The summed E-state index contributed by atoms with van der Waals surface area (Å²) in [4.78, 5) is 12.6. The number of nitrogens with one attached hydrogen (secondary N) is 1. The molecule has 2 rings (SSSR count). The van der Waals surface area contributed by atoms with Crippen LogP contribution in [-0.2, 0) is 17.8 Å². The smallest absolute Gasteiger partial charge is 0.321 e. The molecule has 0 radical (unpaired) electrons. The van der Waals surface area contributed by atoms with Gasteiger partial charge in [0.2, 0.25) is 0 Å². The van der Waals surface area contributed by atoms with E-state index >= 15 is 0 Å². The van der Waals surface area contributed by atoms with Crippen molar-refractivity contribution in [3.63, 3.8) is 0 Å². The summed E-state index contributed by atoms with van der Waals surface area (Å²) in [5.41, 5.74) is 1.96. The van der Waals surface area contributed by atoms with Crippen LogP contribution in [0.1, 0.15) is 11.1 Å². The maximum Gasteiger partial charge on any atom is 0.321 e. The molecule has 0 amide bonds. The van der Waals surface area contributed by atoms with Gasteiger partial charge in [0.1, 0.15) is 6.04 Å². The van der Waals surface area contributed by atoms with Crippen molar-refractivity contribution in [2.45, 2.75) is 23.9 Å². The zero-order valence-electron chi connectivity index (χ0n) is 14.6. The van der Waals surface area contributed by atoms with Gasteiger partial charge in [0.25, 0.3) is 0 Å². The van der Waals surface area contributed by atoms with Gasteiger partial charge in [-0.15, -0.1) is 11.8 Å². The van der Waals surface area contributed by atoms with E-state index in [2.05, 4.69) is 5.32 Å². The van der Waals surface area contributed by atoms with Gasteiger partial charge in [0.15, 0.2) is 11.5 Å². The van der Waals surface area contributed by atoms with E-state index in [1.807, 2.05) is 48.7 Å². The number of ether oxygens (including phenoxy) is 2. The van der Waals surface area contributed by atoms with Crippen molar-refractivity contribution in [3.8, 4) is 11.5 Å². The molecule has 0 heterocycles. The highest BCUT2D eigenvalue weighted by Crippen LogP contribution is 2.34. The fourth-order valence-corrected chi connectivity index (χ4v) is 3.18. The van der Waals surface area contributed by atoms with Crippen molar-refractivity contribution in [1.82, 2.24) is 5.32 Å². The van der Waals surface area contributed by atoms with Crippen LogP contribution in [0.2, 0.25) is 0 Å². The summed E-state index contributed by atoms with van der Waals surface area (Å²) in [5.74, 6) is 0.428. The largest absolute Gasteiger partial charge is 0.493 e. The number of carboxylic acids is 1. The molecule has 0 saturated heterocycles. The Bertz CT molecular complexity index is 706. The highest BCUT2D eigenvalue weighted by atomic mass is 32.2. The van der Waals surface area contributed by atoms with E-state index in [4.69, 9.17) is 9.47 Å². The maximum atomic E-state index is 11.6. The minimum atomic E-state index is -0.866. The predicted octanol–water partition coefficient (Wildman–Crippen LogP) is 3.21. The molecular weight excluding hydrogens is 338 g/mol. The normalized spacial score (nSPS) is 11.8. The molecule has 0 saturated carbocycles. The molecule has 0 spiro atoms. The summed E-state index contributed by atoms with van der Waals surface area (Å²) in [6.45, 7) is 0.431. The highest BCUT2D eigenvalue weighted by molar-refractivity contribution is 7.98. The Morgan fingerprint density at radius 3 is 2.36 bits per heavy atom. The molecule has 1 atom stereocenters. The van der Waals surface area contributed by atoms with E-state index in [9.17, 15) is 9.90 Å². The lowest BCUT2D eigenvalue weighted by Crippen LogP contribution is -2.38. The zero-order valence-corrected chi connectivity index (χ0v) is 15.4. The summed E-state index contributed by atoms with van der Waals surface area (Å²) in [6.07, 6.45) is 2.40. The number of aliphatic carboxylic acids is 1. The highest BCUT2D eigenvalue weighted by Gasteiger charge is 2.19. The monoisotopic (exact) mass is 361 g/mol. The summed E-state index contributed by atoms with van der Waals surface area (Å²) in [7, 11) is 3.18. The van der Waals surface area contributed by atoms with Crippen LogP contribution in [0.5, 0.6) is 11.5 Å². The topological polar surface area (TPSA) is 67.8 Å². The van der Waals surface area contributed by atoms with Crippen molar-refractivity contribution in [1.29, 1.82) is 0 Å². The Morgan fingerprint density at radius 2 is 1.80 bits per heavy atom. The Labute approximate surface area is 152 Å². The van der Waals surface area contributed by atoms with Crippen LogP contribution in [-0.4, -0.2) is 37.6 Å². The van der Waals surface area contributed by atoms with Gasteiger partial charge in [-0.05, 0) is 35.9 Å². The van der Waals surface area contributed by atoms with Gasteiger partial charge in [0.05, 0.1) is 14.2 Å². The van der Waals surface area contributed by atoms with Crippen LogP contribution in [0.25, 0.3) is 0 Å². The molecule has 0 aromatic heterocycles. The van der Waals surface area contributed by atoms with Crippen LogP contribution in [0, 0.1) is 0 Å². The molecule has 0 fully saturated rings. The molecule has 5 nitrogen and oxygen atoms in total. The molecular formula is C19H23NO4S. The molecule has 0 bridgehead atoms. The molecule has 2 N–H and O–H groups in total. The third kappa shape index (κ3) is 5.14. The van der Waals surface area contributed by atoms with E-state index < -0.39 is 12.0 Å². The van der Waals surface area contributed by atoms with Gasteiger partial charge in [-0.3, -0.25) is 10.1 Å². The molecule has 0 aliphatic heterocycles. The van der Waals surface area contributed by atoms with Gasteiger partial charge in [0, 0.05) is 11.4 Å². The number of rotatable bonds is 9. The van der Waals surface area contributed by atoms with Gasteiger partial charge in [-0.1, -0.05) is 30.3 Å². The number of hydrogen-bond donors (Lipinski definition) is 2. The fraction of sp³-hybridized carbons (Fsp3) is 0.316. The van der Waals surface area contributed by atoms with Crippen LogP contribution in [0.15, 0.2) is 47.4 Å². The zero-order chi connectivity index (χ0) is 18.2. The molecule has 0 aliphatic rings. The van der Waals surface area contributed by atoms with E-state index in [0.717, 1.165) is 16.0 Å². The van der Waals surface area contributed by atoms with Crippen LogP contribution < -0.4 is 14.8 Å². The Morgan fingerprint density at radius 1 is 1.16 bits per heavy atom. The number of carbonyl (C=O) groups is 1. The van der Waals surface area contributed by atoms with Crippen molar-refractivity contribution >= 4 is 17.7 Å². The van der Waals surface area contributed by atoms with Gasteiger partial charge >= 0.3 is 5.97 Å². The second-order valence-corrected chi connectivity index (χ2v) is 6.33. The Kier molecular flexibility index (Phi) is 7.16. The Balaban J connectivity index is 2.15. The maximum absolute atomic E-state index is 11.6. The number of benzene rings is 2.